The molecule has 1 heterocycles. The van der Waals surface area contributed by atoms with Crippen LogP contribution in [0.3, 0.4) is 0 Å². The molecule has 0 atom stereocenters. The summed E-state index contributed by atoms with van der Waals surface area (Å²) in [6, 6.07) is 14.5. The molecular formula is C24H29N3O2S. The molecule has 0 aromatic heterocycles. The molecule has 1 aliphatic heterocycles. The Bertz CT molecular complexity index is 967. The van der Waals surface area contributed by atoms with Crippen molar-refractivity contribution in [2.75, 3.05) is 31.1 Å². The minimum atomic E-state index is -0.489. The quantitative estimate of drug-likeness (QED) is 0.663. The lowest BCUT2D eigenvalue weighted by atomic mass is 10.2. The number of nitriles is 1. The van der Waals surface area contributed by atoms with Crippen LogP contribution >= 0.6 is 11.8 Å². The van der Waals surface area contributed by atoms with E-state index in [0.29, 0.717) is 18.7 Å². The van der Waals surface area contributed by atoms with Crippen molar-refractivity contribution >= 4 is 23.5 Å². The van der Waals surface area contributed by atoms with Crippen LogP contribution in [0.25, 0.3) is 0 Å². The van der Waals surface area contributed by atoms with E-state index in [1.54, 1.807) is 16.7 Å². The summed E-state index contributed by atoms with van der Waals surface area (Å²) < 4.78 is 5.50. The van der Waals surface area contributed by atoms with Gasteiger partial charge in [-0.25, -0.2) is 4.79 Å². The van der Waals surface area contributed by atoms with Gasteiger partial charge < -0.3 is 14.5 Å². The Labute approximate surface area is 183 Å². The Morgan fingerprint density at radius 3 is 2.33 bits per heavy atom. The molecule has 0 bridgehead atoms. The van der Waals surface area contributed by atoms with E-state index in [0.717, 1.165) is 23.7 Å². The molecular weight excluding hydrogens is 394 g/mol. The Kier molecular flexibility index (Phi) is 6.62. The van der Waals surface area contributed by atoms with Gasteiger partial charge in [0.05, 0.1) is 17.3 Å². The molecule has 5 nitrogen and oxygen atoms in total. The second-order valence-electron chi connectivity index (χ2n) is 8.62. The number of nitrogens with zero attached hydrogens (tertiary/aromatic N) is 3. The van der Waals surface area contributed by atoms with Crippen LogP contribution in [-0.2, 0) is 4.74 Å². The first-order valence-corrected chi connectivity index (χ1v) is 11.0. The highest BCUT2D eigenvalue weighted by atomic mass is 32.2. The minimum absolute atomic E-state index is 0.258. The third-order valence-electron chi connectivity index (χ3n) is 4.91. The zero-order valence-corrected chi connectivity index (χ0v) is 19.2. The Balaban J connectivity index is 1.78. The van der Waals surface area contributed by atoms with Crippen LogP contribution in [0, 0.1) is 25.2 Å². The Morgan fingerprint density at radius 1 is 1.03 bits per heavy atom. The smallest absolute Gasteiger partial charge is 0.410 e. The monoisotopic (exact) mass is 423 g/mol. The number of carbonyl (C=O) groups excluding carboxylic acids is 1. The van der Waals surface area contributed by atoms with Crippen LogP contribution < -0.4 is 4.90 Å². The zero-order chi connectivity index (χ0) is 21.9. The Hall–Kier alpha value is -2.65. The van der Waals surface area contributed by atoms with Gasteiger partial charge in [0.1, 0.15) is 5.60 Å². The average molecular weight is 424 g/mol. The van der Waals surface area contributed by atoms with Gasteiger partial charge in [-0.2, -0.15) is 5.26 Å². The fourth-order valence-electron chi connectivity index (χ4n) is 3.42. The normalized spacial score (nSPS) is 14.4. The Morgan fingerprint density at radius 2 is 1.73 bits per heavy atom. The van der Waals surface area contributed by atoms with Crippen molar-refractivity contribution in [3.05, 3.63) is 53.1 Å². The van der Waals surface area contributed by atoms with Gasteiger partial charge in [-0.05, 0) is 64.4 Å². The lowest BCUT2D eigenvalue weighted by Gasteiger charge is -2.37. The summed E-state index contributed by atoms with van der Waals surface area (Å²) in [6.45, 7) is 12.5. The number of rotatable bonds is 3. The second kappa shape index (κ2) is 9.01. The summed E-state index contributed by atoms with van der Waals surface area (Å²) in [6.07, 6.45) is -0.258. The molecule has 3 rings (SSSR count). The van der Waals surface area contributed by atoms with Crippen molar-refractivity contribution in [1.29, 1.82) is 5.26 Å². The van der Waals surface area contributed by atoms with E-state index in [-0.39, 0.29) is 6.09 Å². The van der Waals surface area contributed by atoms with Crippen LogP contribution in [0.1, 0.15) is 37.5 Å². The van der Waals surface area contributed by atoms with Crippen molar-refractivity contribution in [3.63, 3.8) is 0 Å². The number of piperazine rings is 1. The minimum Gasteiger partial charge on any atom is -0.444 e. The van der Waals surface area contributed by atoms with E-state index in [2.05, 4.69) is 43.0 Å². The van der Waals surface area contributed by atoms with Crippen molar-refractivity contribution in [3.8, 4) is 6.07 Å². The number of carbonyl (C=O) groups is 1. The molecule has 0 saturated carbocycles. The van der Waals surface area contributed by atoms with Crippen molar-refractivity contribution < 1.29 is 9.53 Å². The van der Waals surface area contributed by atoms with Gasteiger partial charge in [-0.15, -0.1) is 0 Å². The third-order valence-corrected chi connectivity index (χ3v) is 6.14. The molecule has 6 heteroatoms. The fraction of sp³-hybridized carbons (Fsp3) is 0.417. The molecule has 0 spiro atoms. The van der Waals surface area contributed by atoms with Gasteiger partial charge in [-0.3, -0.25) is 0 Å². The van der Waals surface area contributed by atoms with Crippen LogP contribution in [0.15, 0.2) is 46.2 Å². The largest absolute Gasteiger partial charge is 0.444 e. The molecule has 30 heavy (non-hydrogen) atoms. The van der Waals surface area contributed by atoms with Gasteiger partial charge in [0, 0.05) is 36.0 Å². The molecule has 0 unspecified atom stereocenters. The summed E-state index contributed by atoms with van der Waals surface area (Å²) in [4.78, 5) is 18.7. The van der Waals surface area contributed by atoms with E-state index in [1.807, 2.05) is 39.0 Å². The maximum Gasteiger partial charge on any atom is 0.410 e. The summed E-state index contributed by atoms with van der Waals surface area (Å²) in [5, 5.41) is 9.38. The molecule has 1 aliphatic rings. The van der Waals surface area contributed by atoms with Crippen LogP contribution in [0.5, 0.6) is 0 Å². The van der Waals surface area contributed by atoms with Gasteiger partial charge in [-0.1, -0.05) is 29.5 Å². The molecule has 0 radical (unpaired) electrons. The number of ether oxygens (including phenoxy) is 1. The SMILES string of the molecule is Cc1ccc(Sc2cc(C#N)ccc2N2CCN(C(=O)OC(C)(C)C)CC2)c(C)c1. The number of aryl methyl sites for hydroxylation is 2. The molecule has 1 amide bonds. The molecule has 1 fully saturated rings. The molecule has 1 saturated heterocycles. The molecule has 2 aromatic rings. The standard InChI is InChI=1S/C24H29N3O2S/c1-17-6-9-21(18(2)14-17)30-22-15-19(16-25)7-8-20(22)26-10-12-27(13-11-26)23(28)29-24(3,4)5/h6-9,14-15H,10-13H2,1-5H3. The van der Waals surface area contributed by atoms with Crippen LogP contribution in [0.2, 0.25) is 0 Å². The first kappa shape index (κ1) is 22.0. The zero-order valence-electron chi connectivity index (χ0n) is 18.4. The van der Waals surface area contributed by atoms with Crippen molar-refractivity contribution in [2.45, 2.75) is 50.0 Å². The molecule has 0 N–H and O–H groups in total. The number of hydrogen-bond donors (Lipinski definition) is 0. The first-order valence-electron chi connectivity index (χ1n) is 10.2. The number of anilines is 1. The summed E-state index contributed by atoms with van der Waals surface area (Å²) >= 11 is 1.69. The lowest BCUT2D eigenvalue weighted by molar-refractivity contribution is 0.0240. The van der Waals surface area contributed by atoms with Gasteiger partial charge >= 0.3 is 6.09 Å². The fourth-order valence-corrected chi connectivity index (χ4v) is 4.50. The summed E-state index contributed by atoms with van der Waals surface area (Å²) in [5.41, 5.74) is 3.72. The highest BCUT2D eigenvalue weighted by Crippen LogP contribution is 2.38. The topological polar surface area (TPSA) is 56.6 Å². The predicted molar refractivity (Wildman–Crippen MR) is 121 cm³/mol. The summed E-state index contributed by atoms with van der Waals surface area (Å²) in [5.74, 6) is 0. The van der Waals surface area contributed by atoms with Crippen LogP contribution in [-0.4, -0.2) is 42.8 Å². The third kappa shape index (κ3) is 5.48. The number of amides is 1. The van der Waals surface area contributed by atoms with Gasteiger partial charge in [0.15, 0.2) is 0 Å². The average Bonchev–Trinajstić information content (AvgIpc) is 2.69. The predicted octanol–water partition coefficient (Wildman–Crippen LogP) is 5.38. The van der Waals surface area contributed by atoms with E-state index < -0.39 is 5.60 Å². The molecule has 0 aliphatic carbocycles. The molecule has 2 aromatic carbocycles. The van der Waals surface area contributed by atoms with Crippen molar-refractivity contribution in [1.82, 2.24) is 4.90 Å². The molecule has 158 valence electrons. The highest BCUT2D eigenvalue weighted by molar-refractivity contribution is 7.99. The number of benzene rings is 2. The lowest BCUT2D eigenvalue weighted by Crippen LogP contribution is -2.50. The second-order valence-corrected chi connectivity index (χ2v) is 9.70. The van der Waals surface area contributed by atoms with Crippen LogP contribution in [0.4, 0.5) is 10.5 Å². The number of hydrogen-bond acceptors (Lipinski definition) is 5. The maximum absolute atomic E-state index is 12.4. The first-order chi connectivity index (χ1) is 14.2. The highest BCUT2D eigenvalue weighted by Gasteiger charge is 2.27. The van der Waals surface area contributed by atoms with Gasteiger partial charge in [0.2, 0.25) is 0 Å². The van der Waals surface area contributed by atoms with E-state index in [1.165, 1.54) is 16.0 Å². The van der Waals surface area contributed by atoms with E-state index >= 15 is 0 Å². The van der Waals surface area contributed by atoms with Crippen molar-refractivity contribution in [2.24, 2.45) is 0 Å². The summed E-state index contributed by atoms with van der Waals surface area (Å²) in [7, 11) is 0. The van der Waals surface area contributed by atoms with E-state index in [4.69, 9.17) is 4.74 Å². The van der Waals surface area contributed by atoms with Gasteiger partial charge in [0.25, 0.3) is 0 Å². The van der Waals surface area contributed by atoms with E-state index in [9.17, 15) is 10.1 Å². The maximum atomic E-state index is 12.4.